The lowest BCUT2D eigenvalue weighted by Gasteiger charge is -2.39. The number of likely N-dealkylation sites (N-methyl/N-ethyl adjacent to an activating group) is 1. The molecule has 6 nitrogen and oxygen atoms in total. The highest BCUT2D eigenvalue weighted by molar-refractivity contribution is 5.98. The summed E-state index contributed by atoms with van der Waals surface area (Å²) in [5.41, 5.74) is 1.77. The molecule has 0 aliphatic carbocycles. The Morgan fingerprint density at radius 1 is 0.966 bits per heavy atom. The average molecular weight is 394 g/mol. The molecule has 1 saturated heterocycles. The maximum Gasteiger partial charge on any atom is 0.223 e. The summed E-state index contributed by atoms with van der Waals surface area (Å²) < 4.78 is 11.0. The Morgan fingerprint density at radius 3 is 2.52 bits per heavy atom. The summed E-state index contributed by atoms with van der Waals surface area (Å²) >= 11 is 0. The van der Waals surface area contributed by atoms with Crippen molar-refractivity contribution in [2.45, 2.75) is 18.9 Å². The van der Waals surface area contributed by atoms with Gasteiger partial charge in [0.1, 0.15) is 13.2 Å². The molecule has 6 heteroatoms. The van der Waals surface area contributed by atoms with Crippen LogP contribution < -0.4 is 9.47 Å². The molecular weight excluding hydrogens is 368 g/mol. The van der Waals surface area contributed by atoms with E-state index in [2.05, 4.69) is 24.1 Å². The molecule has 0 radical (unpaired) electrons. The number of hydrogen-bond acceptors (Lipinski definition) is 5. The highest BCUT2D eigenvalue weighted by Crippen LogP contribution is 2.31. The van der Waals surface area contributed by atoms with E-state index in [1.165, 1.54) is 5.56 Å². The van der Waals surface area contributed by atoms with Gasteiger partial charge >= 0.3 is 0 Å². The molecule has 1 fully saturated rings. The fraction of sp³-hybridized carbons (Fsp3) is 0.391. The molecule has 2 heterocycles. The first-order valence-corrected chi connectivity index (χ1v) is 10.1. The molecule has 0 N–H and O–H groups in total. The zero-order valence-electron chi connectivity index (χ0n) is 16.7. The molecule has 0 bridgehead atoms. The van der Waals surface area contributed by atoms with Crippen LogP contribution in [-0.4, -0.2) is 61.4 Å². The largest absolute Gasteiger partial charge is 0.486 e. The molecule has 0 saturated carbocycles. The molecule has 2 aliphatic rings. The van der Waals surface area contributed by atoms with Gasteiger partial charge in [0.15, 0.2) is 17.3 Å². The van der Waals surface area contributed by atoms with Crippen LogP contribution in [0.3, 0.4) is 0 Å². The van der Waals surface area contributed by atoms with Crippen molar-refractivity contribution in [2.24, 2.45) is 0 Å². The van der Waals surface area contributed by atoms with Crippen LogP contribution in [0.1, 0.15) is 34.8 Å². The second-order valence-corrected chi connectivity index (χ2v) is 7.53. The van der Waals surface area contributed by atoms with E-state index in [0.717, 1.165) is 6.54 Å². The van der Waals surface area contributed by atoms with E-state index in [4.69, 9.17) is 9.47 Å². The van der Waals surface area contributed by atoms with Crippen molar-refractivity contribution >= 4 is 11.7 Å². The van der Waals surface area contributed by atoms with Gasteiger partial charge in [0.2, 0.25) is 5.91 Å². The van der Waals surface area contributed by atoms with E-state index < -0.39 is 0 Å². The van der Waals surface area contributed by atoms with Crippen LogP contribution >= 0.6 is 0 Å². The quantitative estimate of drug-likeness (QED) is 0.730. The summed E-state index contributed by atoms with van der Waals surface area (Å²) in [5, 5.41) is 0. The molecular formula is C23H26N2O4. The minimum atomic E-state index is -0.0518. The zero-order chi connectivity index (χ0) is 20.2. The number of carbonyl (C=O) groups is 2. The van der Waals surface area contributed by atoms with Gasteiger partial charge in [0.25, 0.3) is 0 Å². The first kappa shape index (κ1) is 19.5. The summed E-state index contributed by atoms with van der Waals surface area (Å²) in [7, 11) is 2.09. The van der Waals surface area contributed by atoms with Crippen molar-refractivity contribution in [1.29, 1.82) is 0 Å². The molecule has 2 aliphatic heterocycles. The van der Waals surface area contributed by atoms with Gasteiger partial charge in [-0.25, -0.2) is 0 Å². The average Bonchev–Trinajstić information content (AvgIpc) is 2.77. The highest BCUT2D eigenvalue weighted by Gasteiger charge is 2.28. The van der Waals surface area contributed by atoms with Gasteiger partial charge in [-0.3, -0.25) is 14.5 Å². The van der Waals surface area contributed by atoms with E-state index >= 15 is 0 Å². The van der Waals surface area contributed by atoms with Gasteiger partial charge in [-0.15, -0.1) is 0 Å². The number of nitrogens with zero attached hydrogens (tertiary/aromatic N) is 2. The second-order valence-electron chi connectivity index (χ2n) is 7.53. The van der Waals surface area contributed by atoms with Crippen LogP contribution in [-0.2, 0) is 4.79 Å². The van der Waals surface area contributed by atoms with Crippen molar-refractivity contribution in [2.75, 3.05) is 39.9 Å². The number of ketones is 1. The maximum atomic E-state index is 12.8. The minimum absolute atomic E-state index is 0.0323. The van der Waals surface area contributed by atoms with Crippen LogP contribution in [0.15, 0.2) is 48.5 Å². The highest BCUT2D eigenvalue weighted by atomic mass is 16.6. The minimum Gasteiger partial charge on any atom is -0.486 e. The number of Topliss-reactive ketones (excluding diaryl/α,β-unsaturated/α-hetero) is 1. The lowest BCUT2D eigenvalue weighted by Crippen LogP contribution is -2.49. The maximum absolute atomic E-state index is 12.8. The first-order chi connectivity index (χ1) is 14.1. The number of carbonyl (C=O) groups excluding carboxylic acids is 2. The van der Waals surface area contributed by atoms with Crippen molar-refractivity contribution < 1.29 is 19.1 Å². The van der Waals surface area contributed by atoms with Gasteiger partial charge in [-0.2, -0.15) is 0 Å². The van der Waals surface area contributed by atoms with Crippen LogP contribution in [0.25, 0.3) is 0 Å². The van der Waals surface area contributed by atoms with Crippen molar-refractivity contribution in [3.63, 3.8) is 0 Å². The monoisotopic (exact) mass is 394 g/mol. The summed E-state index contributed by atoms with van der Waals surface area (Å²) in [4.78, 5) is 29.5. The topological polar surface area (TPSA) is 59.1 Å². The standard InChI is InChI=1S/C23H26N2O4/c1-24-11-12-25(16-19(24)17-5-3-2-4-6-17)23(27)10-8-20(26)18-7-9-21-22(15-18)29-14-13-28-21/h2-7,9,15,19H,8,10-14,16H2,1H3. The fourth-order valence-electron chi connectivity index (χ4n) is 3.88. The molecule has 2 aromatic rings. The van der Waals surface area contributed by atoms with Crippen molar-refractivity contribution in [1.82, 2.24) is 9.80 Å². The van der Waals surface area contributed by atoms with Gasteiger partial charge < -0.3 is 14.4 Å². The van der Waals surface area contributed by atoms with E-state index in [-0.39, 0.29) is 30.6 Å². The molecule has 152 valence electrons. The Balaban J connectivity index is 1.35. The number of benzene rings is 2. The third-order valence-corrected chi connectivity index (χ3v) is 5.62. The SMILES string of the molecule is CN1CCN(C(=O)CCC(=O)c2ccc3c(c2)OCCO3)CC1c1ccccc1. The number of piperazine rings is 1. The number of fused-ring (bicyclic) bond motifs is 1. The van der Waals surface area contributed by atoms with E-state index in [1.54, 1.807) is 18.2 Å². The molecule has 0 spiro atoms. The smallest absolute Gasteiger partial charge is 0.223 e. The summed E-state index contributed by atoms with van der Waals surface area (Å²) in [5.74, 6) is 1.24. The Kier molecular flexibility index (Phi) is 5.81. The van der Waals surface area contributed by atoms with E-state index in [0.29, 0.717) is 43.4 Å². The third kappa shape index (κ3) is 4.43. The molecule has 2 aromatic carbocycles. The predicted molar refractivity (Wildman–Crippen MR) is 109 cm³/mol. The molecule has 1 atom stereocenters. The lowest BCUT2D eigenvalue weighted by atomic mass is 10.0. The van der Waals surface area contributed by atoms with Gasteiger partial charge in [-0.1, -0.05) is 30.3 Å². The van der Waals surface area contributed by atoms with Crippen LogP contribution in [0.2, 0.25) is 0 Å². The molecule has 0 aromatic heterocycles. The zero-order valence-corrected chi connectivity index (χ0v) is 16.7. The Bertz CT molecular complexity index is 884. The summed E-state index contributed by atoms with van der Waals surface area (Å²) in [6.07, 6.45) is 0.416. The number of rotatable bonds is 5. The Hall–Kier alpha value is -2.86. The summed E-state index contributed by atoms with van der Waals surface area (Å²) in [6.45, 7) is 3.16. The fourth-order valence-corrected chi connectivity index (χ4v) is 3.88. The lowest BCUT2D eigenvalue weighted by molar-refractivity contribution is -0.134. The molecule has 29 heavy (non-hydrogen) atoms. The van der Waals surface area contributed by atoms with E-state index in [9.17, 15) is 9.59 Å². The van der Waals surface area contributed by atoms with Crippen LogP contribution in [0.4, 0.5) is 0 Å². The second kappa shape index (κ2) is 8.66. The van der Waals surface area contributed by atoms with Crippen LogP contribution in [0.5, 0.6) is 11.5 Å². The van der Waals surface area contributed by atoms with Crippen molar-refractivity contribution in [3.05, 3.63) is 59.7 Å². The van der Waals surface area contributed by atoms with Crippen molar-refractivity contribution in [3.8, 4) is 11.5 Å². The van der Waals surface area contributed by atoms with Gasteiger partial charge in [0.05, 0.1) is 6.04 Å². The van der Waals surface area contributed by atoms with Crippen LogP contribution in [0, 0.1) is 0 Å². The van der Waals surface area contributed by atoms with Gasteiger partial charge in [-0.05, 0) is 30.8 Å². The number of amides is 1. The van der Waals surface area contributed by atoms with E-state index in [1.807, 2.05) is 23.1 Å². The third-order valence-electron chi connectivity index (χ3n) is 5.62. The number of hydrogen-bond donors (Lipinski definition) is 0. The first-order valence-electron chi connectivity index (χ1n) is 10.1. The molecule has 1 amide bonds. The number of ether oxygens (including phenoxy) is 2. The Morgan fingerprint density at radius 2 is 1.72 bits per heavy atom. The predicted octanol–water partition coefficient (Wildman–Crippen LogP) is 2.94. The van der Waals surface area contributed by atoms with Gasteiger partial charge in [0, 0.05) is 38.0 Å². The Labute approximate surface area is 171 Å². The molecule has 4 rings (SSSR count). The summed E-state index contributed by atoms with van der Waals surface area (Å²) in [6, 6.07) is 15.6. The molecule has 1 unspecified atom stereocenters. The normalized spacial score (nSPS) is 19.1.